The predicted molar refractivity (Wildman–Crippen MR) is 209 cm³/mol. The van der Waals surface area contributed by atoms with E-state index >= 15 is 0 Å². The van der Waals surface area contributed by atoms with Crippen molar-refractivity contribution < 1.29 is 41.4 Å². The largest absolute Gasteiger partial charge is 1.00 e. The number of halogens is 2. The smallest absolute Gasteiger partial charge is 1.00 e. The molecule has 1 heterocycles. The van der Waals surface area contributed by atoms with Crippen LogP contribution in [0.4, 0.5) is 0 Å². The first-order valence-corrected chi connectivity index (χ1v) is 22.6. The van der Waals surface area contributed by atoms with Crippen molar-refractivity contribution in [2.75, 3.05) is 0 Å². The maximum absolute atomic E-state index is 2.68. The Bertz CT molecular complexity index is 2150. The zero-order valence-corrected chi connectivity index (χ0v) is 33.2. The van der Waals surface area contributed by atoms with E-state index in [2.05, 4.69) is 161 Å². The van der Waals surface area contributed by atoms with Crippen LogP contribution in [0.5, 0.6) is 0 Å². The van der Waals surface area contributed by atoms with E-state index in [4.69, 9.17) is 0 Å². The second-order valence-corrected chi connectivity index (χ2v) is 23.1. The molecule has 0 saturated carbocycles. The maximum Gasteiger partial charge on any atom is -1.00 e. The van der Waals surface area contributed by atoms with Crippen LogP contribution in [-0.4, -0.2) is 0 Å². The summed E-state index contributed by atoms with van der Waals surface area (Å²) in [5.74, 6) is 1.28. The quantitative estimate of drug-likeness (QED) is 0.139. The molecule has 2 unspecified atom stereocenters. The van der Waals surface area contributed by atoms with Crippen LogP contribution in [0.2, 0.25) is 9.45 Å². The third-order valence-electron chi connectivity index (χ3n) is 11.7. The number of fused-ring (bicyclic) bond motifs is 4. The minimum Gasteiger partial charge on any atom is -1.00 e. The maximum atomic E-state index is 2.68. The van der Waals surface area contributed by atoms with Gasteiger partial charge in [0.2, 0.25) is 0 Å². The first kappa shape index (κ1) is 36.0. The molecule has 2 atom stereocenters. The Morgan fingerprint density at radius 2 is 0.843 bits per heavy atom. The Balaban J connectivity index is 0.00000203. The van der Waals surface area contributed by atoms with Gasteiger partial charge in [0, 0.05) is 0 Å². The molecular weight excluding hydrogens is 695 g/mol. The molecule has 0 spiro atoms. The van der Waals surface area contributed by atoms with Gasteiger partial charge in [0.25, 0.3) is 0 Å². The molecule has 256 valence electrons. The fourth-order valence-electron chi connectivity index (χ4n) is 9.86. The number of hydrogen-bond acceptors (Lipinski definition) is 0. The van der Waals surface area contributed by atoms with Crippen LogP contribution in [-0.2, 0) is 16.6 Å². The Morgan fingerprint density at radius 1 is 0.471 bits per heavy atom. The number of hydrogen-bond donors (Lipinski definition) is 0. The van der Waals surface area contributed by atoms with E-state index in [0.29, 0.717) is 20.3 Å². The average molecular weight is 742 g/mol. The van der Waals surface area contributed by atoms with Gasteiger partial charge in [-0.3, -0.25) is 0 Å². The van der Waals surface area contributed by atoms with Gasteiger partial charge in [0.15, 0.2) is 0 Å². The van der Waals surface area contributed by atoms with Crippen molar-refractivity contribution in [1.82, 2.24) is 0 Å². The molecule has 51 heavy (non-hydrogen) atoms. The molecule has 1 aliphatic heterocycles. The van der Waals surface area contributed by atoms with Crippen molar-refractivity contribution >= 4 is 33.7 Å². The predicted octanol–water partition coefficient (Wildman–Crippen LogP) is 8.01. The first-order chi connectivity index (χ1) is 23.9. The Morgan fingerprint density at radius 3 is 1.25 bits per heavy atom. The fraction of sp³-hybridized carbons (Fsp3) is 0.250. The number of allylic oxidation sites excluding steroid dienone is 2. The molecule has 0 radical (unpaired) electrons. The molecule has 0 N–H and O–H groups in total. The Kier molecular flexibility index (Phi) is 10.0. The van der Waals surface area contributed by atoms with Gasteiger partial charge in [-0.25, -0.2) is 0 Å². The number of rotatable bonds is 8. The summed E-state index contributed by atoms with van der Waals surface area (Å²) in [7, 11) is 0. The van der Waals surface area contributed by atoms with Crippen LogP contribution in [0.15, 0.2) is 132 Å². The van der Waals surface area contributed by atoms with E-state index in [1.54, 1.807) is 22.3 Å². The summed E-state index contributed by atoms with van der Waals surface area (Å²) in [6.45, 7) is 9.68. The van der Waals surface area contributed by atoms with E-state index in [-0.39, 0.29) is 24.8 Å². The molecule has 1 saturated heterocycles. The molecule has 0 aromatic heterocycles. The summed E-state index contributed by atoms with van der Waals surface area (Å²) in [6.07, 6.45) is 7.74. The SMILES string of the molecule is CC(C)CC1=Cc2c(-c3cccc4ccccc34)cccc2[CH]1[Ti+2]1([CH]2C(CC(C)C)=Cc3c(-c4cccc5ccccc45)cccc32)[CH2][CH2]1.[Cl-].[Cl-]. The zero-order chi connectivity index (χ0) is 33.3. The minimum absolute atomic E-state index is 0. The summed E-state index contributed by atoms with van der Waals surface area (Å²) >= 11 is -2.56. The molecule has 6 aromatic rings. The zero-order valence-electron chi connectivity index (χ0n) is 30.1. The van der Waals surface area contributed by atoms with Crippen LogP contribution in [0.25, 0.3) is 56.0 Å². The third kappa shape index (κ3) is 6.07. The second kappa shape index (κ2) is 14.2. The van der Waals surface area contributed by atoms with Crippen molar-refractivity contribution in [2.45, 2.75) is 58.4 Å². The van der Waals surface area contributed by atoms with Crippen molar-refractivity contribution in [2.24, 2.45) is 11.8 Å². The van der Waals surface area contributed by atoms with Crippen molar-refractivity contribution in [3.63, 3.8) is 0 Å². The number of benzene rings is 6. The molecule has 3 heteroatoms. The fourth-order valence-corrected chi connectivity index (χ4v) is 20.1. The summed E-state index contributed by atoms with van der Waals surface area (Å²) in [5, 5.41) is 5.36. The Labute approximate surface area is 320 Å². The van der Waals surface area contributed by atoms with Crippen LogP contribution < -0.4 is 24.8 Å². The van der Waals surface area contributed by atoms with Crippen LogP contribution in [0.1, 0.15) is 71.2 Å². The molecule has 1 fully saturated rings. The monoisotopic (exact) mass is 740 g/mol. The van der Waals surface area contributed by atoms with E-state index in [1.165, 1.54) is 77.2 Å². The van der Waals surface area contributed by atoms with Crippen molar-refractivity contribution in [1.29, 1.82) is 0 Å². The minimum atomic E-state index is -2.56. The molecule has 9 rings (SSSR count). The van der Waals surface area contributed by atoms with Gasteiger partial charge >= 0.3 is 298 Å². The van der Waals surface area contributed by atoms with Gasteiger partial charge in [-0.05, 0) is 0 Å². The van der Waals surface area contributed by atoms with Gasteiger partial charge < -0.3 is 24.8 Å². The van der Waals surface area contributed by atoms with Gasteiger partial charge in [-0.15, -0.1) is 0 Å². The summed E-state index contributed by atoms with van der Waals surface area (Å²) in [4.78, 5) is 0. The van der Waals surface area contributed by atoms with Crippen molar-refractivity contribution in [3.8, 4) is 22.3 Å². The third-order valence-corrected chi connectivity index (χ3v) is 20.0. The normalized spacial score (nSPS) is 17.6. The molecule has 0 amide bonds. The molecule has 3 aliphatic rings. The van der Waals surface area contributed by atoms with Gasteiger partial charge in [0.05, 0.1) is 0 Å². The van der Waals surface area contributed by atoms with Crippen LogP contribution in [0.3, 0.4) is 0 Å². The van der Waals surface area contributed by atoms with E-state index in [1.807, 2.05) is 0 Å². The van der Waals surface area contributed by atoms with Crippen LogP contribution >= 0.6 is 0 Å². The van der Waals surface area contributed by atoms with E-state index in [0.717, 1.165) is 0 Å². The van der Waals surface area contributed by atoms with E-state index < -0.39 is 16.6 Å². The summed E-state index contributed by atoms with van der Waals surface area (Å²) < 4.78 is 4.19. The van der Waals surface area contributed by atoms with Gasteiger partial charge in [-0.1, -0.05) is 0 Å². The van der Waals surface area contributed by atoms with E-state index in [9.17, 15) is 0 Å². The molecule has 0 bridgehead atoms. The molecule has 6 aromatic carbocycles. The first-order valence-electron chi connectivity index (χ1n) is 18.6. The van der Waals surface area contributed by atoms with Gasteiger partial charge in [-0.2, -0.15) is 0 Å². The second-order valence-electron chi connectivity index (χ2n) is 15.9. The van der Waals surface area contributed by atoms with Crippen LogP contribution in [0, 0.1) is 11.8 Å². The summed E-state index contributed by atoms with van der Waals surface area (Å²) in [6, 6.07) is 46.1. The standard InChI is InChI=1S/2C23H21.C2H4.2ClH.Ti/c2*1-16(2)13-17-14-19-9-6-12-22(23(19)15-17)21-11-5-8-18-7-3-4-10-20(18)21;1-2;;;/h2*3-12,14-16H,13H2,1-2H3;1-2H2;2*1H;/q;;;;;+2/p-2. The Hall–Kier alpha value is -3.39. The average Bonchev–Trinajstić information content (AvgIpc) is 3.66. The topological polar surface area (TPSA) is 0 Å². The summed E-state index contributed by atoms with van der Waals surface area (Å²) in [5.41, 5.74) is 15.3. The molecule has 2 aliphatic carbocycles. The van der Waals surface area contributed by atoms with Crippen molar-refractivity contribution in [3.05, 3.63) is 155 Å². The van der Waals surface area contributed by atoms with Gasteiger partial charge in [0.1, 0.15) is 0 Å². The molecule has 0 nitrogen and oxygen atoms in total. The molecular formula is C48H46Cl2Ti.